The minimum atomic E-state index is -3.49. The maximum absolute atomic E-state index is 12.5. The number of amides is 2. The lowest BCUT2D eigenvalue weighted by Gasteiger charge is -2.18. The highest BCUT2D eigenvalue weighted by molar-refractivity contribution is 7.89. The summed E-state index contributed by atoms with van der Waals surface area (Å²) in [4.78, 5) is 24.0. The van der Waals surface area contributed by atoms with Crippen molar-refractivity contribution in [2.75, 3.05) is 19.6 Å². The van der Waals surface area contributed by atoms with Crippen LogP contribution in [0.15, 0.2) is 53.4 Å². The summed E-state index contributed by atoms with van der Waals surface area (Å²) in [5, 5.41) is 5.70. The Hall–Kier alpha value is -2.42. The molecular weight excluding hydrogens is 426 g/mol. The first kappa shape index (κ1) is 23.9. The second-order valence-electron chi connectivity index (χ2n) is 6.55. The van der Waals surface area contributed by atoms with Crippen molar-refractivity contribution in [2.24, 2.45) is 0 Å². The van der Waals surface area contributed by atoms with Crippen molar-refractivity contribution in [3.63, 3.8) is 0 Å². The van der Waals surface area contributed by atoms with E-state index in [-0.39, 0.29) is 18.0 Å². The zero-order valence-corrected chi connectivity index (χ0v) is 18.6. The van der Waals surface area contributed by atoms with Gasteiger partial charge in [0.25, 0.3) is 0 Å². The molecule has 2 aromatic rings. The summed E-state index contributed by atoms with van der Waals surface area (Å²) in [6, 6.07) is 13.5. The number of hydrogen-bond acceptors (Lipinski definition) is 4. The SMILES string of the molecule is CCN(CC)S(=O)(=O)c1ccc(CCNC(=O)C(=O)NCc2ccc(Cl)cc2)cc1. The minimum absolute atomic E-state index is 0.228. The quantitative estimate of drug-likeness (QED) is 0.572. The summed E-state index contributed by atoms with van der Waals surface area (Å²) in [7, 11) is -3.49. The zero-order valence-electron chi connectivity index (χ0n) is 17.0. The van der Waals surface area contributed by atoms with Crippen LogP contribution in [0.25, 0.3) is 0 Å². The van der Waals surface area contributed by atoms with Gasteiger partial charge in [0, 0.05) is 31.2 Å². The van der Waals surface area contributed by atoms with Gasteiger partial charge in [-0.3, -0.25) is 9.59 Å². The summed E-state index contributed by atoms with van der Waals surface area (Å²) in [6.45, 7) is 4.90. The molecule has 2 N–H and O–H groups in total. The van der Waals surface area contributed by atoms with Gasteiger partial charge in [-0.05, 0) is 41.8 Å². The van der Waals surface area contributed by atoms with Gasteiger partial charge in [0.05, 0.1) is 4.90 Å². The number of carbonyl (C=O) groups is 2. The normalized spacial score (nSPS) is 11.3. The molecule has 9 heteroatoms. The van der Waals surface area contributed by atoms with Crippen molar-refractivity contribution in [1.82, 2.24) is 14.9 Å². The van der Waals surface area contributed by atoms with Gasteiger partial charge in [-0.1, -0.05) is 49.7 Å². The van der Waals surface area contributed by atoms with Gasteiger partial charge >= 0.3 is 11.8 Å². The molecule has 0 bridgehead atoms. The predicted octanol–water partition coefficient (Wildman–Crippen LogP) is 2.35. The lowest BCUT2D eigenvalue weighted by molar-refractivity contribution is -0.139. The van der Waals surface area contributed by atoms with Crippen molar-refractivity contribution >= 4 is 33.4 Å². The maximum Gasteiger partial charge on any atom is 0.309 e. The van der Waals surface area contributed by atoms with E-state index in [0.717, 1.165) is 11.1 Å². The third kappa shape index (κ3) is 6.55. The Morgan fingerprint density at radius 1 is 0.867 bits per heavy atom. The van der Waals surface area contributed by atoms with Crippen molar-refractivity contribution in [2.45, 2.75) is 31.7 Å². The number of hydrogen-bond donors (Lipinski definition) is 2. The Labute approximate surface area is 182 Å². The second-order valence-corrected chi connectivity index (χ2v) is 8.92. The summed E-state index contributed by atoms with van der Waals surface area (Å²) in [6.07, 6.45) is 0.474. The Morgan fingerprint density at radius 2 is 1.40 bits per heavy atom. The average Bonchev–Trinajstić information content (AvgIpc) is 2.74. The van der Waals surface area contributed by atoms with E-state index in [9.17, 15) is 18.0 Å². The molecule has 0 aliphatic rings. The van der Waals surface area contributed by atoms with Crippen LogP contribution in [0.1, 0.15) is 25.0 Å². The fraction of sp³-hybridized carbons (Fsp3) is 0.333. The van der Waals surface area contributed by atoms with E-state index in [1.54, 1.807) is 62.4 Å². The predicted molar refractivity (Wildman–Crippen MR) is 117 cm³/mol. The largest absolute Gasteiger partial charge is 0.348 e. The molecule has 0 saturated carbocycles. The van der Waals surface area contributed by atoms with Crippen molar-refractivity contribution in [1.29, 1.82) is 0 Å². The monoisotopic (exact) mass is 451 g/mol. The van der Waals surface area contributed by atoms with E-state index in [1.807, 2.05) is 0 Å². The van der Waals surface area contributed by atoms with Crippen LogP contribution >= 0.6 is 11.6 Å². The van der Waals surface area contributed by atoms with E-state index in [4.69, 9.17) is 11.6 Å². The molecule has 0 aliphatic heterocycles. The fourth-order valence-electron chi connectivity index (χ4n) is 2.81. The molecule has 0 spiro atoms. The molecule has 2 amide bonds. The van der Waals surface area contributed by atoms with Crippen LogP contribution in [0.2, 0.25) is 5.02 Å². The molecule has 0 fully saturated rings. The molecule has 0 heterocycles. The molecule has 0 unspecified atom stereocenters. The molecule has 162 valence electrons. The highest BCUT2D eigenvalue weighted by Gasteiger charge is 2.21. The molecule has 0 aliphatic carbocycles. The van der Waals surface area contributed by atoms with Crippen LogP contribution in [0, 0.1) is 0 Å². The summed E-state index contributed by atoms with van der Waals surface area (Å²) in [5.74, 6) is -1.43. The number of nitrogens with one attached hydrogen (secondary N) is 2. The van der Waals surface area contributed by atoms with E-state index >= 15 is 0 Å². The zero-order chi connectivity index (χ0) is 22.1. The van der Waals surface area contributed by atoms with E-state index in [2.05, 4.69) is 10.6 Å². The molecule has 7 nitrogen and oxygen atoms in total. The lowest BCUT2D eigenvalue weighted by atomic mass is 10.1. The maximum atomic E-state index is 12.5. The van der Waals surface area contributed by atoms with Crippen molar-refractivity contribution in [3.05, 3.63) is 64.7 Å². The third-order valence-electron chi connectivity index (χ3n) is 4.54. The molecule has 30 heavy (non-hydrogen) atoms. The van der Waals surface area contributed by atoms with Gasteiger partial charge in [0.1, 0.15) is 0 Å². The molecule has 2 aromatic carbocycles. The van der Waals surface area contributed by atoms with E-state index < -0.39 is 21.8 Å². The topological polar surface area (TPSA) is 95.6 Å². The van der Waals surface area contributed by atoms with Gasteiger partial charge in [-0.2, -0.15) is 4.31 Å². The summed E-state index contributed by atoms with van der Waals surface area (Å²) < 4.78 is 26.4. The fourth-order valence-corrected chi connectivity index (χ4v) is 4.39. The Kier molecular flexibility index (Phi) is 8.83. The summed E-state index contributed by atoms with van der Waals surface area (Å²) in [5.41, 5.74) is 1.69. The molecule has 0 saturated heterocycles. The number of halogens is 1. The standard InChI is InChI=1S/C21H26ClN3O4S/c1-3-25(4-2)30(28,29)19-11-7-16(8-12-19)13-14-23-20(26)21(27)24-15-17-5-9-18(22)10-6-17/h5-12H,3-4,13-15H2,1-2H3,(H,23,26)(H,24,27). The van der Waals surface area contributed by atoms with Crippen LogP contribution in [0.3, 0.4) is 0 Å². The van der Waals surface area contributed by atoms with Crippen molar-refractivity contribution in [3.8, 4) is 0 Å². The number of benzene rings is 2. The van der Waals surface area contributed by atoms with E-state index in [0.29, 0.717) is 24.5 Å². The third-order valence-corrected chi connectivity index (χ3v) is 6.85. The number of sulfonamides is 1. The molecular formula is C21H26ClN3O4S. The Bertz CT molecular complexity index is 957. The van der Waals surface area contributed by atoms with Gasteiger partial charge in [0.2, 0.25) is 10.0 Å². The average molecular weight is 452 g/mol. The van der Waals surface area contributed by atoms with E-state index in [1.165, 1.54) is 4.31 Å². The molecule has 0 radical (unpaired) electrons. The first-order valence-electron chi connectivity index (χ1n) is 9.67. The lowest BCUT2D eigenvalue weighted by Crippen LogP contribution is -2.40. The highest BCUT2D eigenvalue weighted by atomic mass is 35.5. The number of carbonyl (C=O) groups excluding carboxylic acids is 2. The van der Waals surface area contributed by atoms with Crippen molar-refractivity contribution < 1.29 is 18.0 Å². The van der Waals surface area contributed by atoms with Gasteiger partial charge in [-0.25, -0.2) is 8.42 Å². The first-order valence-corrected chi connectivity index (χ1v) is 11.5. The van der Waals surface area contributed by atoms with Crippen LogP contribution in [-0.4, -0.2) is 44.2 Å². The van der Waals surface area contributed by atoms with Crippen LogP contribution < -0.4 is 10.6 Å². The van der Waals surface area contributed by atoms with Gasteiger partial charge in [-0.15, -0.1) is 0 Å². The van der Waals surface area contributed by atoms with Gasteiger partial charge in [0.15, 0.2) is 0 Å². The summed E-state index contributed by atoms with van der Waals surface area (Å²) >= 11 is 5.81. The Balaban J connectivity index is 1.81. The minimum Gasteiger partial charge on any atom is -0.348 e. The number of nitrogens with zero attached hydrogens (tertiary/aromatic N) is 1. The molecule has 2 rings (SSSR count). The number of rotatable bonds is 9. The molecule has 0 atom stereocenters. The highest BCUT2D eigenvalue weighted by Crippen LogP contribution is 2.16. The van der Waals surface area contributed by atoms with Gasteiger partial charge < -0.3 is 10.6 Å². The second kappa shape index (κ2) is 11.1. The smallest absolute Gasteiger partial charge is 0.309 e. The van der Waals surface area contributed by atoms with Crippen LogP contribution in [0.4, 0.5) is 0 Å². The van der Waals surface area contributed by atoms with Crippen LogP contribution in [0.5, 0.6) is 0 Å². The van der Waals surface area contributed by atoms with Crippen LogP contribution in [-0.2, 0) is 32.6 Å². The first-order chi connectivity index (χ1) is 14.3. The molecule has 0 aromatic heterocycles. The Morgan fingerprint density at radius 3 is 1.97 bits per heavy atom.